The minimum Gasteiger partial charge on any atom is -0.320 e. The Morgan fingerprint density at radius 2 is 2.00 bits per heavy atom. The number of carbonyl (C=O) groups is 1. The molecule has 8 nitrogen and oxygen atoms in total. The van der Waals surface area contributed by atoms with Crippen LogP contribution in [-0.2, 0) is 0 Å². The first-order valence-electron chi connectivity index (χ1n) is 8.15. The van der Waals surface area contributed by atoms with Crippen molar-refractivity contribution in [2.24, 2.45) is 0 Å². The van der Waals surface area contributed by atoms with Gasteiger partial charge in [0.15, 0.2) is 5.65 Å². The van der Waals surface area contributed by atoms with Crippen LogP contribution in [0, 0.1) is 0 Å². The highest BCUT2D eigenvalue weighted by Crippen LogP contribution is 2.19. The molecule has 0 aliphatic rings. The molecule has 4 rings (SSSR count). The Hall–Kier alpha value is -3.55. The van der Waals surface area contributed by atoms with Crippen LogP contribution in [0.25, 0.3) is 16.7 Å². The van der Waals surface area contributed by atoms with Crippen LogP contribution in [0.1, 0.15) is 30.2 Å². The number of nitrogens with one attached hydrogen (secondary N) is 1. The lowest BCUT2D eigenvalue weighted by Gasteiger charge is -2.08. The Labute approximate surface area is 148 Å². The molecule has 0 aliphatic heterocycles. The van der Waals surface area contributed by atoms with Crippen LogP contribution in [-0.4, -0.2) is 30.1 Å². The number of hydrogen-bond acceptors (Lipinski definition) is 5. The normalized spacial score (nSPS) is 11.3. The van der Waals surface area contributed by atoms with Crippen LogP contribution >= 0.6 is 0 Å². The second kappa shape index (κ2) is 6.07. The van der Waals surface area contributed by atoms with Crippen molar-refractivity contribution in [3.63, 3.8) is 0 Å². The largest absolute Gasteiger partial charge is 0.320 e. The van der Waals surface area contributed by atoms with Gasteiger partial charge in [0.25, 0.3) is 11.5 Å². The molecular weight excluding hydrogens is 332 g/mol. The maximum Gasteiger partial charge on any atom is 0.270 e. The Kier molecular flexibility index (Phi) is 3.72. The van der Waals surface area contributed by atoms with Gasteiger partial charge in [0.1, 0.15) is 11.2 Å². The number of rotatable bonds is 3. The summed E-state index contributed by atoms with van der Waals surface area (Å²) in [5.41, 5.74) is 1.26. The monoisotopic (exact) mass is 348 g/mol. The standard InChI is InChI=1S/C18H16N6O2/c1-11(2)24-16-12(8-21-24)7-13(9-20-16)22-17(25)14-10-19-15-5-3-4-6-23(15)18(14)26/h3-11H,1-2H3,(H,22,25). The predicted octanol–water partition coefficient (Wildman–Crippen LogP) is 2.27. The third kappa shape index (κ3) is 2.61. The summed E-state index contributed by atoms with van der Waals surface area (Å²) in [7, 11) is 0. The Balaban J connectivity index is 1.67. The molecule has 0 aliphatic carbocycles. The van der Waals surface area contributed by atoms with E-state index in [9.17, 15) is 9.59 Å². The lowest BCUT2D eigenvalue weighted by atomic mass is 10.2. The van der Waals surface area contributed by atoms with Crippen molar-refractivity contribution in [2.75, 3.05) is 5.32 Å². The zero-order valence-electron chi connectivity index (χ0n) is 14.2. The highest BCUT2D eigenvalue weighted by atomic mass is 16.2. The van der Waals surface area contributed by atoms with Crippen molar-refractivity contribution >= 4 is 28.3 Å². The molecule has 0 spiro atoms. The molecule has 0 atom stereocenters. The summed E-state index contributed by atoms with van der Waals surface area (Å²) in [6, 6.07) is 7.15. The smallest absolute Gasteiger partial charge is 0.270 e. The van der Waals surface area contributed by atoms with Crippen LogP contribution in [0.5, 0.6) is 0 Å². The number of amides is 1. The minimum atomic E-state index is -0.529. The van der Waals surface area contributed by atoms with E-state index >= 15 is 0 Å². The first-order chi connectivity index (χ1) is 12.5. The number of fused-ring (bicyclic) bond motifs is 2. The maximum atomic E-state index is 12.5. The van der Waals surface area contributed by atoms with E-state index in [1.807, 2.05) is 13.8 Å². The molecule has 8 heteroatoms. The molecule has 0 aromatic carbocycles. The third-order valence-electron chi connectivity index (χ3n) is 4.04. The van der Waals surface area contributed by atoms with Gasteiger partial charge < -0.3 is 5.32 Å². The number of anilines is 1. The van der Waals surface area contributed by atoms with Crippen molar-refractivity contribution in [3.8, 4) is 0 Å². The number of hydrogen-bond donors (Lipinski definition) is 1. The molecule has 0 fully saturated rings. The number of carbonyl (C=O) groups excluding carboxylic acids is 1. The average Bonchev–Trinajstić information content (AvgIpc) is 3.05. The fourth-order valence-corrected chi connectivity index (χ4v) is 2.77. The first kappa shape index (κ1) is 15.9. The molecule has 26 heavy (non-hydrogen) atoms. The van der Waals surface area contributed by atoms with Gasteiger partial charge >= 0.3 is 0 Å². The number of pyridine rings is 2. The second-order valence-electron chi connectivity index (χ2n) is 6.18. The molecule has 0 saturated heterocycles. The number of aromatic nitrogens is 5. The molecule has 1 N–H and O–H groups in total. The van der Waals surface area contributed by atoms with Crippen LogP contribution in [0.2, 0.25) is 0 Å². The first-order valence-corrected chi connectivity index (χ1v) is 8.15. The fraction of sp³-hybridized carbons (Fsp3) is 0.167. The van der Waals surface area contributed by atoms with E-state index in [0.717, 1.165) is 11.0 Å². The van der Waals surface area contributed by atoms with Gasteiger partial charge in [-0.25, -0.2) is 14.6 Å². The fourth-order valence-electron chi connectivity index (χ4n) is 2.77. The average molecular weight is 348 g/mol. The zero-order valence-corrected chi connectivity index (χ0v) is 14.2. The molecular formula is C18H16N6O2. The van der Waals surface area contributed by atoms with Gasteiger partial charge in [0.05, 0.1) is 18.1 Å². The van der Waals surface area contributed by atoms with E-state index in [1.165, 1.54) is 10.6 Å². The van der Waals surface area contributed by atoms with E-state index < -0.39 is 11.5 Å². The van der Waals surface area contributed by atoms with Gasteiger partial charge in [0, 0.05) is 23.8 Å². The van der Waals surface area contributed by atoms with Crippen molar-refractivity contribution in [2.45, 2.75) is 19.9 Å². The SMILES string of the molecule is CC(C)n1ncc2cc(NC(=O)c3cnc4ccccn4c3=O)cnc21. The Morgan fingerprint density at radius 1 is 1.15 bits per heavy atom. The topological polar surface area (TPSA) is 94.2 Å². The summed E-state index contributed by atoms with van der Waals surface area (Å²) in [6.45, 7) is 4.04. The van der Waals surface area contributed by atoms with Gasteiger partial charge in [-0.1, -0.05) is 6.07 Å². The van der Waals surface area contributed by atoms with E-state index in [0.29, 0.717) is 11.3 Å². The highest BCUT2D eigenvalue weighted by Gasteiger charge is 2.14. The predicted molar refractivity (Wildman–Crippen MR) is 97.3 cm³/mol. The lowest BCUT2D eigenvalue weighted by Crippen LogP contribution is -2.26. The van der Waals surface area contributed by atoms with Crippen LogP contribution < -0.4 is 10.9 Å². The summed E-state index contributed by atoms with van der Waals surface area (Å²) in [5.74, 6) is -0.529. The van der Waals surface area contributed by atoms with Crippen LogP contribution in [0.4, 0.5) is 5.69 Å². The minimum absolute atomic E-state index is 0.0355. The van der Waals surface area contributed by atoms with E-state index in [2.05, 4.69) is 20.4 Å². The highest BCUT2D eigenvalue weighted by molar-refractivity contribution is 6.04. The van der Waals surface area contributed by atoms with Crippen LogP contribution in [0.3, 0.4) is 0 Å². The Morgan fingerprint density at radius 3 is 2.81 bits per heavy atom. The summed E-state index contributed by atoms with van der Waals surface area (Å²) in [5, 5.41) is 7.81. The quantitative estimate of drug-likeness (QED) is 0.613. The summed E-state index contributed by atoms with van der Waals surface area (Å²) < 4.78 is 3.14. The third-order valence-corrected chi connectivity index (χ3v) is 4.04. The van der Waals surface area contributed by atoms with Gasteiger partial charge in [0.2, 0.25) is 0 Å². The summed E-state index contributed by atoms with van der Waals surface area (Å²) in [6.07, 6.45) is 6.11. The van der Waals surface area contributed by atoms with Crippen molar-refractivity contribution in [3.05, 3.63) is 65.0 Å². The molecule has 1 amide bonds. The van der Waals surface area contributed by atoms with Gasteiger partial charge in [-0.05, 0) is 32.0 Å². The van der Waals surface area contributed by atoms with Gasteiger partial charge in [-0.15, -0.1) is 0 Å². The van der Waals surface area contributed by atoms with E-state index in [4.69, 9.17) is 0 Å². The van der Waals surface area contributed by atoms with E-state index in [1.54, 1.807) is 47.5 Å². The second-order valence-corrected chi connectivity index (χ2v) is 6.18. The molecule has 0 unspecified atom stereocenters. The van der Waals surface area contributed by atoms with Crippen molar-refractivity contribution in [1.82, 2.24) is 24.1 Å². The summed E-state index contributed by atoms with van der Waals surface area (Å²) in [4.78, 5) is 33.5. The molecule has 0 saturated carbocycles. The molecule has 4 aromatic heterocycles. The molecule has 4 aromatic rings. The molecule has 4 heterocycles. The van der Waals surface area contributed by atoms with Crippen molar-refractivity contribution in [1.29, 1.82) is 0 Å². The summed E-state index contributed by atoms with van der Waals surface area (Å²) >= 11 is 0. The van der Waals surface area contributed by atoms with Crippen molar-refractivity contribution < 1.29 is 4.79 Å². The van der Waals surface area contributed by atoms with Gasteiger partial charge in [-0.3, -0.25) is 14.0 Å². The Bertz CT molecular complexity index is 1190. The maximum absolute atomic E-state index is 12.5. The van der Waals surface area contributed by atoms with Gasteiger partial charge in [-0.2, -0.15) is 5.10 Å². The van der Waals surface area contributed by atoms with E-state index in [-0.39, 0.29) is 11.6 Å². The molecule has 130 valence electrons. The zero-order chi connectivity index (χ0) is 18.3. The van der Waals surface area contributed by atoms with Crippen LogP contribution in [0.15, 0.2) is 53.8 Å². The lowest BCUT2D eigenvalue weighted by molar-refractivity contribution is 0.102. The molecule has 0 radical (unpaired) electrons. The molecule has 0 bridgehead atoms. The number of nitrogens with zero attached hydrogens (tertiary/aromatic N) is 5.